The van der Waals surface area contributed by atoms with E-state index >= 15 is 0 Å². The molecule has 1 aromatic heterocycles. The molecule has 3 amide bonds. The van der Waals surface area contributed by atoms with Gasteiger partial charge in [-0.1, -0.05) is 24.3 Å². The summed E-state index contributed by atoms with van der Waals surface area (Å²) < 4.78 is 0. The third-order valence-electron chi connectivity index (χ3n) is 3.92. The molecule has 0 spiro atoms. The van der Waals surface area contributed by atoms with Crippen LogP contribution in [0.5, 0.6) is 0 Å². The number of benzene rings is 2. The second-order valence-electron chi connectivity index (χ2n) is 6.47. The molecular formula is C22H21N3O3S2. The first kappa shape index (κ1) is 21.6. The maximum atomic E-state index is 12.2. The maximum Gasteiger partial charge on any atom is 0.265 e. The molecule has 0 bridgehead atoms. The molecule has 0 aliphatic rings. The van der Waals surface area contributed by atoms with Gasteiger partial charge in [-0.3, -0.25) is 14.4 Å². The molecule has 0 aliphatic heterocycles. The summed E-state index contributed by atoms with van der Waals surface area (Å²) in [6.07, 6.45) is 0. The minimum atomic E-state index is -0.218. The fourth-order valence-electron chi connectivity index (χ4n) is 2.63. The number of nitrogens with one attached hydrogen (secondary N) is 3. The van der Waals surface area contributed by atoms with Crippen LogP contribution in [0.25, 0.3) is 0 Å². The van der Waals surface area contributed by atoms with E-state index < -0.39 is 0 Å². The molecule has 6 nitrogen and oxygen atoms in total. The van der Waals surface area contributed by atoms with Crippen molar-refractivity contribution in [3.05, 3.63) is 76.5 Å². The van der Waals surface area contributed by atoms with Gasteiger partial charge >= 0.3 is 0 Å². The van der Waals surface area contributed by atoms with Gasteiger partial charge in [0.05, 0.1) is 16.4 Å². The Hall–Kier alpha value is -3.10. The highest BCUT2D eigenvalue weighted by Gasteiger charge is 2.09. The Morgan fingerprint density at radius 1 is 0.800 bits per heavy atom. The van der Waals surface area contributed by atoms with Gasteiger partial charge in [-0.05, 0) is 54.3 Å². The number of thioether (sulfide) groups is 1. The summed E-state index contributed by atoms with van der Waals surface area (Å²) >= 11 is 2.59. The average molecular weight is 440 g/mol. The molecule has 0 radical (unpaired) electrons. The summed E-state index contributed by atoms with van der Waals surface area (Å²) in [7, 11) is 0. The van der Waals surface area contributed by atoms with E-state index in [2.05, 4.69) is 16.0 Å². The number of carbonyl (C=O) groups is 3. The van der Waals surface area contributed by atoms with Crippen LogP contribution in [0.3, 0.4) is 0 Å². The van der Waals surface area contributed by atoms with Crippen LogP contribution in [0.15, 0.2) is 66.0 Å². The first-order chi connectivity index (χ1) is 14.5. The Bertz CT molecular complexity index is 1040. The zero-order valence-corrected chi connectivity index (χ0v) is 17.9. The van der Waals surface area contributed by atoms with Crippen molar-refractivity contribution in [3.8, 4) is 0 Å². The fourth-order valence-corrected chi connectivity index (χ4v) is 3.86. The summed E-state index contributed by atoms with van der Waals surface area (Å²) in [4.78, 5) is 36.9. The van der Waals surface area contributed by atoms with Crippen molar-refractivity contribution in [2.45, 2.75) is 6.92 Å². The zero-order chi connectivity index (χ0) is 21.3. The molecule has 30 heavy (non-hydrogen) atoms. The van der Waals surface area contributed by atoms with Crippen LogP contribution in [-0.2, 0) is 9.59 Å². The summed E-state index contributed by atoms with van der Waals surface area (Å²) in [6.45, 7) is 1.96. The highest BCUT2D eigenvalue weighted by atomic mass is 32.2. The SMILES string of the molecule is Cc1cccc(NC(=O)CSCC(=O)Nc2cccc(NC(=O)c3cccs3)c2)c1. The van der Waals surface area contributed by atoms with E-state index in [0.717, 1.165) is 11.3 Å². The van der Waals surface area contributed by atoms with Gasteiger partial charge in [-0.25, -0.2) is 0 Å². The van der Waals surface area contributed by atoms with E-state index in [1.807, 2.05) is 42.6 Å². The normalized spacial score (nSPS) is 10.3. The van der Waals surface area contributed by atoms with Gasteiger partial charge in [-0.15, -0.1) is 23.1 Å². The Kier molecular flexibility index (Phi) is 7.64. The molecule has 0 unspecified atom stereocenters. The molecule has 0 fully saturated rings. The predicted molar refractivity (Wildman–Crippen MR) is 124 cm³/mol. The number of rotatable bonds is 8. The molecule has 154 valence electrons. The number of hydrogen-bond donors (Lipinski definition) is 3. The number of aryl methyl sites for hydroxylation is 1. The Labute approximate surface area is 183 Å². The van der Waals surface area contributed by atoms with Crippen molar-refractivity contribution < 1.29 is 14.4 Å². The van der Waals surface area contributed by atoms with E-state index in [-0.39, 0.29) is 29.2 Å². The van der Waals surface area contributed by atoms with Gasteiger partial charge in [0.1, 0.15) is 0 Å². The number of carbonyl (C=O) groups excluding carboxylic acids is 3. The van der Waals surface area contributed by atoms with Gasteiger partial charge in [0, 0.05) is 17.1 Å². The van der Waals surface area contributed by atoms with Crippen LogP contribution >= 0.6 is 23.1 Å². The number of amides is 3. The van der Waals surface area contributed by atoms with Crippen LogP contribution in [0.1, 0.15) is 15.2 Å². The maximum absolute atomic E-state index is 12.2. The van der Waals surface area contributed by atoms with E-state index in [9.17, 15) is 14.4 Å². The van der Waals surface area contributed by atoms with Gasteiger partial charge in [0.15, 0.2) is 0 Å². The quantitative estimate of drug-likeness (QED) is 0.478. The minimum absolute atomic E-state index is 0.146. The first-order valence-electron chi connectivity index (χ1n) is 9.18. The van der Waals surface area contributed by atoms with Crippen LogP contribution in [0.4, 0.5) is 17.1 Å². The van der Waals surface area contributed by atoms with E-state index in [1.54, 1.807) is 30.3 Å². The molecule has 0 saturated carbocycles. The molecule has 0 atom stereocenters. The summed E-state index contributed by atoms with van der Waals surface area (Å²) in [5.74, 6) is -0.240. The third-order valence-corrected chi connectivity index (χ3v) is 5.72. The first-order valence-corrected chi connectivity index (χ1v) is 11.2. The molecule has 3 rings (SSSR count). The standard InChI is InChI=1S/C22H21N3O3S2/c1-15-5-2-6-16(11-15)23-20(26)13-29-14-21(27)24-17-7-3-8-18(12-17)25-22(28)19-9-4-10-30-19/h2-12H,13-14H2,1H3,(H,23,26)(H,24,27)(H,25,28). The van der Waals surface area contributed by atoms with Crippen molar-refractivity contribution in [2.24, 2.45) is 0 Å². The van der Waals surface area contributed by atoms with Gasteiger partial charge in [-0.2, -0.15) is 0 Å². The number of anilines is 3. The van der Waals surface area contributed by atoms with Crippen LogP contribution in [0, 0.1) is 6.92 Å². The van der Waals surface area contributed by atoms with Crippen LogP contribution < -0.4 is 16.0 Å². The van der Waals surface area contributed by atoms with Crippen molar-refractivity contribution in [2.75, 3.05) is 27.5 Å². The lowest BCUT2D eigenvalue weighted by Crippen LogP contribution is -2.18. The second kappa shape index (κ2) is 10.6. The van der Waals surface area contributed by atoms with Crippen molar-refractivity contribution in [1.82, 2.24) is 0 Å². The van der Waals surface area contributed by atoms with Crippen molar-refractivity contribution in [1.29, 1.82) is 0 Å². The van der Waals surface area contributed by atoms with E-state index in [0.29, 0.717) is 16.3 Å². The lowest BCUT2D eigenvalue weighted by Gasteiger charge is -2.09. The zero-order valence-electron chi connectivity index (χ0n) is 16.3. The average Bonchev–Trinajstić information content (AvgIpc) is 3.23. The Morgan fingerprint density at radius 3 is 2.00 bits per heavy atom. The predicted octanol–water partition coefficient (Wildman–Crippen LogP) is 4.62. The minimum Gasteiger partial charge on any atom is -0.325 e. The molecule has 3 aromatic rings. The molecule has 2 aromatic carbocycles. The molecular weight excluding hydrogens is 418 g/mol. The lowest BCUT2D eigenvalue weighted by atomic mass is 10.2. The largest absolute Gasteiger partial charge is 0.325 e. The highest BCUT2D eigenvalue weighted by molar-refractivity contribution is 8.00. The summed E-state index contributed by atoms with van der Waals surface area (Å²) in [6, 6.07) is 18.1. The molecule has 0 saturated heterocycles. The Balaban J connectivity index is 1.43. The van der Waals surface area contributed by atoms with Gasteiger partial charge in [0.25, 0.3) is 5.91 Å². The van der Waals surface area contributed by atoms with Crippen molar-refractivity contribution >= 4 is 57.9 Å². The van der Waals surface area contributed by atoms with E-state index in [4.69, 9.17) is 0 Å². The van der Waals surface area contributed by atoms with E-state index in [1.165, 1.54) is 23.1 Å². The topological polar surface area (TPSA) is 87.3 Å². The highest BCUT2D eigenvalue weighted by Crippen LogP contribution is 2.18. The molecule has 3 N–H and O–H groups in total. The third kappa shape index (κ3) is 6.75. The van der Waals surface area contributed by atoms with Crippen LogP contribution in [-0.4, -0.2) is 29.2 Å². The summed E-state index contributed by atoms with van der Waals surface area (Å²) in [5.41, 5.74) is 2.98. The molecule has 0 aliphatic carbocycles. The fraction of sp³-hybridized carbons (Fsp3) is 0.136. The smallest absolute Gasteiger partial charge is 0.265 e. The lowest BCUT2D eigenvalue weighted by molar-refractivity contribution is -0.114. The second-order valence-corrected chi connectivity index (χ2v) is 8.40. The van der Waals surface area contributed by atoms with Gasteiger partial charge in [0.2, 0.25) is 11.8 Å². The van der Waals surface area contributed by atoms with Crippen molar-refractivity contribution in [3.63, 3.8) is 0 Å². The Morgan fingerprint density at radius 2 is 1.40 bits per heavy atom. The molecule has 1 heterocycles. The monoisotopic (exact) mass is 439 g/mol. The number of hydrogen-bond acceptors (Lipinski definition) is 5. The van der Waals surface area contributed by atoms with Gasteiger partial charge < -0.3 is 16.0 Å². The summed E-state index contributed by atoms with van der Waals surface area (Å²) in [5, 5.41) is 10.2. The molecule has 8 heteroatoms. The number of thiophene rings is 1. The van der Waals surface area contributed by atoms with Crippen LogP contribution in [0.2, 0.25) is 0 Å².